The molecule has 18 heavy (non-hydrogen) atoms. The van der Waals surface area contributed by atoms with Crippen LogP contribution in [0.15, 0.2) is 11.0 Å². The molecule has 0 aromatic rings. The van der Waals surface area contributed by atoms with Crippen LogP contribution >= 0.6 is 11.8 Å². The van der Waals surface area contributed by atoms with Crippen LogP contribution in [0, 0.1) is 0 Å². The van der Waals surface area contributed by atoms with Crippen molar-refractivity contribution in [1.82, 2.24) is 0 Å². The van der Waals surface area contributed by atoms with E-state index >= 15 is 0 Å². The summed E-state index contributed by atoms with van der Waals surface area (Å²) < 4.78 is 61.8. The normalized spacial score (nSPS) is 14.1. The Bertz CT molecular complexity index is 263. The maximum absolute atomic E-state index is 12.8. The van der Waals surface area contributed by atoms with Gasteiger partial charge in [-0.15, -0.1) is 11.8 Å². The van der Waals surface area contributed by atoms with Crippen LogP contribution in [-0.2, 0) is 0 Å². The molecule has 0 aromatic heterocycles. The molecule has 0 atom stereocenters. The Labute approximate surface area is 107 Å². The molecule has 0 radical (unpaired) electrons. The van der Waals surface area contributed by atoms with Gasteiger partial charge in [0.2, 0.25) is 0 Å². The van der Waals surface area contributed by atoms with Gasteiger partial charge >= 0.3 is 12.1 Å². The highest BCUT2D eigenvalue weighted by atomic mass is 32.2. The first-order chi connectivity index (χ1) is 8.24. The SMILES string of the molecule is CCCCC/C(=C/C(F)(F)C(F)(F)F)SCCO. The fraction of sp³-hybridized carbons (Fsp3) is 0.818. The number of alkyl halides is 5. The number of aliphatic hydroxyl groups excluding tert-OH is 1. The van der Waals surface area contributed by atoms with Crippen molar-refractivity contribution in [2.24, 2.45) is 0 Å². The molecule has 0 saturated heterocycles. The summed E-state index contributed by atoms with van der Waals surface area (Å²) in [4.78, 5) is -0.0141. The van der Waals surface area contributed by atoms with Crippen LogP contribution in [-0.4, -0.2) is 29.6 Å². The summed E-state index contributed by atoms with van der Waals surface area (Å²) in [6.45, 7) is 1.65. The quantitative estimate of drug-likeness (QED) is 0.529. The largest absolute Gasteiger partial charge is 0.457 e. The Balaban J connectivity index is 4.70. The molecule has 0 aliphatic heterocycles. The summed E-state index contributed by atoms with van der Waals surface area (Å²) in [7, 11) is 0. The second-order valence-electron chi connectivity index (χ2n) is 3.76. The van der Waals surface area contributed by atoms with Gasteiger partial charge in [-0.25, -0.2) is 0 Å². The molecule has 0 saturated carbocycles. The first kappa shape index (κ1) is 17.7. The van der Waals surface area contributed by atoms with Crippen LogP contribution in [0.2, 0.25) is 0 Å². The Morgan fingerprint density at radius 1 is 1.17 bits per heavy atom. The number of halogens is 5. The van der Waals surface area contributed by atoms with E-state index in [9.17, 15) is 22.0 Å². The third-order valence-electron chi connectivity index (χ3n) is 2.13. The van der Waals surface area contributed by atoms with Crippen molar-refractivity contribution in [2.45, 2.75) is 44.7 Å². The molecule has 0 aliphatic carbocycles. The molecule has 0 aromatic carbocycles. The van der Waals surface area contributed by atoms with Crippen LogP contribution in [0.25, 0.3) is 0 Å². The van der Waals surface area contributed by atoms with Gasteiger partial charge in [-0.2, -0.15) is 22.0 Å². The highest BCUT2D eigenvalue weighted by Gasteiger charge is 2.55. The van der Waals surface area contributed by atoms with Crippen LogP contribution in [0.1, 0.15) is 32.6 Å². The van der Waals surface area contributed by atoms with E-state index in [1.54, 1.807) is 0 Å². The maximum atomic E-state index is 12.8. The second kappa shape index (κ2) is 7.99. The Kier molecular flexibility index (Phi) is 7.86. The Hall–Kier alpha value is -0.300. The number of allylic oxidation sites excluding steroid dienone is 2. The minimum atomic E-state index is -5.57. The number of hydrogen-bond donors (Lipinski definition) is 1. The van der Waals surface area contributed by atoms with E-state index in [1.165, 1.54) is 0 Å². The van der Waals surface area contributed by atoms with E-state index in [-0.39, 0.29) is 29.8 Å². The van der Waals surface area contributed by atoms with E-state index in [0.29, 0.717) is 6.42 Å². The molecule has 0 amide bonds. The highest BCUT2D eigenvalue weighted by Crippen LogP contribution is 2.39. The van der Waals surface area contributed by atoms with Crippen molar-refractivity contribution in [2.75, 3.05) is 12.4 Å². The average molecular weight is 292 g/mol. The lowest BCUT2D eigenvalue weighted by molar-refractivity contribution is -0.259. The van der Waals surface area contributed by atoms with Crippen molar-refractivity contribution in [3.05, 3.63) is 11.0 Å². The Morgan fingerprint density at radius 2 is 1.78 bits per heavy atom. The molecule has 0 unspecified atom stereocenters. The molecule has 108 valence electrons. The Morgan fingerprint density at radius 3 is 2.22 bits per heavy atom. The summed E-state index contributed by atoms with van der Waals surface area (Å²) in [5.74, 6) is -4.69. The summed E-state index contributed by atoms with van der Waals surface area (Å²) >= 11 is 0.846. The number of aliphatic hydroxyl groups is 1. The van der Waals surface area contributed by atoms with Gasteiger partial charge in [-0.3, -0.25) is 0 Å². The van der Waals surface area contributed by atoms with E-state index in [1.807, 2.05) is 6.92 Å². The van der Waals surface area contributed by atoms with Crippen molar-refractivity contribution in [1.29, 1.82) is 0 Å². The predicted octanol–water partition coefficient (Wildman–Crippen LogP) is 4.37. The monoisotopic (exact) mass is 292 g/mol. The summed E-state index contributed by atoms with van der Waals surface area (Å²) in [5, 5.41) is 8.59. The molecular weight excluding hydrogens is 275 g/mol. The summed E-state index contributed by atoms with van der Waals surface area (Å²) in [6.07, 6.45) is -3.22. The molecule has 0 aliphatic rings. The molecular formula is C11H17F5OS. The molecule has 0 bridgehead atoms. The number of unbranched alkanes of at least 4 members (excludes halogenated alkanes) is 2. The van der Waals surface area contributed by atoms with Crippen LogP contribution in [0.4, 0.5) is 22.0 Å². The van der Waals surface area contributed by atoms with Crippen LogP contribution in [0.5, 0.6) is 0 Å². The number of rotatable bonds is 8. The van der Waals surface area contributed by atoms with E-state index in [4.69, 9.17) is 5.11 Å². The third kappa shape index (κ3) is 6.58. The van der Waals surface area contributed by atoms with E-state index in [0.717, 1.165) is 24.6 Å². The van der Waals surface area contributed by atoms with E-state index in [2.05, 4.69) is 0 Å². The van der Waals surface area contributed by atoms with Crippen LogP contribution in [0.3, 0.4) is 0 Å². The lowest BCUT2D eigenvalue weighted by Crippen LogP contribution is -2.34. The third-order valence-corrected chi connectivity index (χ3v) is 3.21. The summed E-state index contributed by atoms with van der Waals surface area (Å²) in [6, 6.07) is 0. The van der Waals surface area contributed by atoms with Crippen molar-refractivity contribution >= 4 is 11.8 Å². The molecule has 1 N–H and O–H groups in total. The minimum Gasteiger partial charge on any atom is -0.396 e. The zero-order valence-electron chi connectivity index (χ0n) is 10.1. The zero-order chi connectivity index (χ0) is 14.2. The average Bonchev–Trinajstić information content (AvgIpc) is 2.24. The lowest BCUT2D eigenvalue weighted by atomic mass is 10.1. The number of thioether (sulfide) groups is 1. The molecule has 0 heterocycles. The molecule has 0 spiro atoms. The first-order valence-corrected chi connectivity index (χ1v) is 6.63. The van der Waals surface area contributed by atoms with Crippen molar-refractivity contribution in [3.8, 4) is 0 Å². The van der Waals surface area contributed by atoms with Gasteiger partial charge in [-0.1, -0.05) is 19.8 Å². The maximum Gasteiger partial charge on any atom is 0.457 e. The smallest absolute Gasteiger partial charge is 0.396 e. The van der Waals surface area contributed by atoms with Gasteiger partial charge in [0.1, 0.15) is 0 Å². The topological polar surface area (TPSA) is 20.2 Å². The minimum absolute atomic E-state index is 0.0141. The highest BCUT2D eigenvalue weighted by molar-refractivity contribution is 8.03. The molecule has 0 fully saturated rings. The van der Waals surface area contributed by atoms with Gasteiger partial charge in [-0.05, 0) is 17.7 Å². The molecule has 1 nitrogen and oxygen atoms in total. The van der Waals surface area contributed by atoms with Crippen molar-refractivity contribution in [3.63, 3.8) is 0 Å². The second-order valence-corrected chi connectivity index (χ2v) is 4.98. The van der Waals surface area contributed by atoms with Crippen molar-refractivity contribution < 1.29 is 27.1 Å². The van der Waals surface area contributed by atoms with Gasteiger partial charge in [0.15, 0.2) is 0 Å². The summed E-state index contributed by atoms with van der Waals surface area (Å²) in [5.41, 5.74) is 0. The van der Waals surface area contributed by atoms with Crippen LogP contribution < -0.4 is 0 Å². The predicted molar refractivity (Wildman–Crippen MR) is 62.8 cm³/mol. The van der Waals surface area contributed by atoms with E-state index < -0.39 is 12.1 Å². The molecule has 0 rings (SSSR count). The van der Waals surface area contributed by atoms with Gasteiger partial charge in [0, 0.05) is 11.8 Å². The first-order valence-electron chi connectivity index (χ1n) is 5.64. The fourth-order valence-corrected chi connectivity index (χ4v) is 2.07. The standard InChI is InChI=1S/C11H17F5OS/c1-2-3-4-5-9(18-7-6-17)8-10(12,13)11(14,15)16/h8,17H,2-7H2,1H3/b9-8-. The van der Waals surface area contributed by atoms with Gasteiger partial charge in [0.25, 0.3) is 0 Å². The zero-order valence-corrected chi connectivity index (χ0v) is 10.9. The number of hydrogen-bond acceptors (Lipinski definition) is 2. The van der Waals surface area contributed by atoms with Gasteiger partial charge < -0.3 is 5.11 Å². The molecule has 7 heteroatoms. The fourth-order valence-electron chi connectivity index (χ4n) is 1.20. The lowest BCUT2D eigenvalue weighted by Gasteiger charge is -2.17. The van der Waals surface area contributed by atoms with Gasteiger partial charge in [0.05, 0.1) is 6.61 Å².